The molecule has 0 fully saturated rings. The van der Waals surface area contributed by atoms with Crippen molar-refractivity contribution >= 4 is 22.0 Å². The van der Waals surface area contributed by atoms with Gasteiger partial charge in [0.2, 0.25) is 0 Å². The zero-order valence-electron chi connectivity index (χ0n) is 10.6. The molecule has 0 aromatic carbocycles. The van der Waals surface area contributed by atoms with Gasteiger partial charge in [0.15, 0.2) is 0 Å². The lowest BCUT2D eigenvalue weighted by Crippen LogP contribution is -2.48. The van der Waals surface area contributed by atoms with E-state index >= 15 is 0 Å². The highest BCUT2D eigenvalue weighted by molar-refractivity contribution is 9.09. The molecule has 0 atom stereocenters. The van der Waals surface area contributed by atoms with Gasteiger partial charge in [0.25, 0.3) is 0 Å². The largest absolute Gasteiger partial charge is 0.444 e. The van der Waals surface area contributed by atoms with Crippen molar-refractivity contribution in [3.05, 3.63) is 0 Å². The lowest BCUT2D eigenvalue weighted by molar-refractivity contribution is 0.00829. The fourth-order valence-electron chi connectivity index (χ4n) is 1.10. The molecule has 0 radical (unpaired) electrons. The third-order valence-corrected chi connectivity index (χ3v) is 2.09. The van der Waals surface area contributed by atoms with Gasteiger partial charge < -0.3 is 9.64 Å². The average molecular weight is 280 g/mol. The molecule has 1 amide bonds. The Kier molecular flexibility index (Phi) is 5.10. The third kappa shape index (κ3) is 6.03. The predicted octanol–water partition coefficient (Wildman–Crippen LogP) is 3.42. The third-order valence-electron chi connectivity index (χ3n) is 1.73. The van der Waals surface area contributed by atoms with Gasteiger partial charge in [-0.3, -0.25) is 0 Å². The second kappa shape index (κ2) is 5.19. The minimum absolute atomic E-state index is 0.212. The summed E-state index contributed by atoms with van der Waals surface area (Å²) in [6.07, 6.45) is -0.255. The highest BCUT2D eigenvalue weighted by Crippen LogP contribution is 2.18. The van der Waals surface area contributed by atoms with Crippen LogP contribution in [0.1, 0.15) is 41.5 Å². The van der Waals surface area contributed by atoms with Crippen LogP contribution >= 0.6 is 15.9 Å². The van der Waals surface area contributed by atoms with Crippen LogP contribution in [0.2, 0.25) is 0 Å². The lowest BCUT2D eigenvalue weighted by Gasteiger charge is -2.36. The van der Waals surface area contributed by atoms with Crippen LogP contribution in [-0.2, 0) is 4.74 Å². The summed E-state index contributed by atoms with van der Waals surface area (Å²) in [7, 11) is 0. The first-order valence-electron chi connectivity index (χ1n) is 5.14. The maximum absolute atomic E-state index is 11.9. The molecule has 0 aliphatic rings. The maximum Gasteiger partial charge on any atom is 0.410 e. The van der Waals surface area contributed by atoms with Crippen molar-refractivity contribution in [3.63, 3.8) is 0 Å². The van der Waals surface area contributed by atoms with E-state index in [9.17, 15) is 4.79 Å². The lowest BCUT2D eigenvalue weighted by atomic mass is 10.1. The van der Waals surface area contributed by atoms with Crippen molar-refractivity contribution in [1.29, 1.82) is 0 Å². The summed E-state index contributed by atoms with van der Waals surface area (Å²) in [5.41, 5.74) is -0.650. The van der Waals surface area contributed by atoms with Gasteiger partial charge in [0, 0.05) is 17.4 Å². The van der Waals surface area contributed by atoms with Crippen LogP contribution in [0, 0.1) is 0 Å². The average Bonchev–Trinajstić information content (AvgIpc) is 1.93. The van der Waals surface area contributed by atoms with Gasteiger partial charge in [-0.2, -0.15) is 0 Å². The van der Waals surface area contributed by atoms with Crippen molar-refractivity contribution in [2.45, 2.75) is 52.7 Å². The Morgan fingerprint density at radius 1 is 1.20 bits per heavy atom. The maximum atomic E-state index is 11.9. The smallest absolute Gasteiger partial charge is 0.410 e. The first-order chi connectivity index (χ1) is 6.58. The molecule has 0 spiro atoms. The summed E-state index contributed by atoms with van der Waals surface area (Å²) in [6, 6.07) is 0. The molecular weight excluding hydrogens is 258 g/mol. The summed E-state index contributed by atoms with van der Waals surface area (Å²) in [6.45, 7) is 12.3. The Bertz CT molecular complexity index is 216. The zero-order chi connectivity index (χ0) is 12.3. The Morgan fingerprint density at radius 2 is 1.67 bits per heavy atom. The van der Waals surface area contributed by atoms with Crippen LogP contribution in [-0.4, -0.2) is 34.0 Å². The highest BCUT2D eigenvalue weighted by Gasteiger charge is 2.29. The molecule has 0 aliphatic heterocycles. The number of alkyl halides is 1. The van der Waals surface area contributed by atoms with E-state index in [4.69, 9.17) is 4.74 Å². The molecule has 90 valence electrons. The highest BCUT2D eigenvalue weighted by atomic mass is 79.9. The molecule has 0 saturated carbocycles. The monoisotopic (exact) mass is 279 g/mol. The number of hydrogen-bond donors (Lipinski definition) is 0. The molecule has 4 heteroatoms. The minimum Gasteiger partial charge on any atom is -0.444 e. The first kappa shape index (κ1) is 14.8. The van der Waals surface area contributed by atoms with Crippen LogP contribution < -0.4 is 0 Å². The number of carbonyl (C=O) groups is 1. The summed E-state index contributed by atoms with van der Waals surface area (Å²) < 4.78 is 5.35. The molecule has 0 bridgehead atoms. The summed E-state index contributed by atoms with van der Waals surface area (Å²) in [5.74, 6) is 0. The van der Waals surface area contributed by atoms with E-state index in [0.717, 1.165) is 5.33 Å². The van der Waals surface area contributed by atoms with E-state index in [1.165, 1.54) is 0 Å². The standard InChI is InChI=1S/C11H22BrNO2/c1-10(2,3)13(8-7-12)9(14)15-11(4,5)6/h7-8H2,1-6H3. The van der Waals surface area contributed by atoms with Gasteiger partial charge in [0.05, 0.1) is 0 Å². The number of rotatable bonds is 2. The normalized spacial score (nSPS) is 12.5. The van der Waals surface area contributed by atoms with Gasteiger partial charge in [-0.05, 0) is 41.5 Å². The van der Waals surface area contributed by atoms with Crippen LogP contribution in [0.5, 0.6) is 0 Å². The fraction of sp³-hybridized carbons (Fsp3) is 0.909. The zero-order valence-corrected chi connectivity index (χ0v) is 12.1. The fourth-order valence-corrected chi connectivity index (χ4v) is 1.46. The van der Waals surface area contributed by atoms with Gasteiger partial charge in [0.1, 0.15) is 5.60 Å². The Morgan fingerprint density at radius 3 is 1.93 bits per heavy atom. The molecule has 0 N–H and O–H groups in total. The molecule has 0 rings (SSSR count). The number of halogens is 1. The topological polar surface area (TPSA) is 29.5 Å². The molecular formula is C11H22BrNO2. The van der Waals surface area contributed by atoms with E-state index in [1.54, 1.807) is 4.90 Å². The van der Waals surface area contributed by atoms with Crippen molar-refractivity contribution in [2.75, 3.05) is 11.9 Å². The number of ether oxygens (including phenoxy) is 1. The van der Waals surface area contributed by atoms with E-state index in [-0.39, 0.29) is 11.6 Å². The molecule has 0 aromatic rings. The van der Waals surface area contributed by atoms with Crippen LogP contribution in [0.4, 0.5) is 4.79 Å². The van der Waals surface area contributed by atoms with Crippen LogP contribution in [0.25, 0.3) is 0 Å². The van der Waals surface area contributed by atoms with Crippen molar-refractivity contribution in [3.8, 4) is 0 Å². The van der Waals surface area contributed by atoms with E-state index in [0.29, 0.717) is 6.54 Å². The Labute approximate surface area is 101 Å². The molecule has 0 aromatic heterocycles. The summed E-state index contributed by atoms with van der Waals surface area (Å²) in [5, 5.41) is 0.753. The van der Waals surface area contributed by atoms with Gasteiger partial charge in [-0.1, -0.05) is 15.9 Å². The van der Waals surface area contributed by atoms with Crippen molar-refractivity contribution in [1.82, 2.24) is 4.90 Å². The number of nitrogens with zero attached hydrogens (tertiary/aromatic N) is 1. The van der Waals surface area contributed by atoms with Gasteiger partial charge in [-0.25, -0.2) is 4.79 Å². The molecule has 0 unspecified atom stereocenters. The van der Waals surface area contributed by atoms with Crippen LogP contribution in [0.3, 0.4) is 0 Å². The molecule has 0 heterocycles. The van der Waals surface area contributed by atoms with Gasteiger partial charge in [-0.15, -0.1) is 0 Å². The quantitative estimate of drug-likeness (QED) is 0.725. The summed E-state index contributed by atoms with van der Waals surface area (Å²) in [4.78, 5) is 13.6. The number of carbonyl (C=O) groups excluding carboxylic acids is 1. The van der Waals surface area contributed by atoms with E-state index < -0.39 is 5.60 Å². The molecule has 3 nitrogen and oxygen atoms in total. The number of amides is 1. The SMILES string of the molecule is CC(C)(C)OC(=O)N(CCBr)C(C)(C)C. The van der Waals surface area contributed by atoms with Crippen molar-refractivity contribution < 1.29 is 9.53 Å². The van der Waals surface area contributed by atoms with E-state index in [2.05, 4.69) is 15.9 Å². The van der Waals surface area contributed by atoms with E-state index in [1.807, 2.05) is 41.5 Å². The Hall–Kier alpha value is -0.250. The first-order valence-corrected chi connectivity index (χ1v) is 6.26. The predicted molar refractivity (Wildman–Crippen MR) is 66.5 cm³/mol. The second-order valence-electron chi connectivity index (χ2n) is 5.49. The summed E-state index contributed by atoms with van der Waals surface area (Å²) >= 11 is 3.34. The molecule has 0 aliphatic carbocycles. The molecule has 0 saturated heterocycles. The van der Waals surface area contributed by atoms with Crippen LogP contribution in [0.15, 0.2) is 0 Å². The molecule has 15 heavy (non-hydrogen) atoms. The number of hydrogen-bond acceptors (Lipinski definition) is 2. The second-order valence-corrected chi connectivity index (χ2v) is 6.28. The minimum atomic E-state index is -0.438. The van der Waals surface area contributed by atoms with Gasteiger partial charge >= 0.3 is 6.09 Å². The van der Waals surface area contributed by atoms with Crippen molar-refractivity contribution in [2.24, 2.45) is 0 Å². The Balaban J connectivity index is 4.58.